The van der Waals surface area contributed by atoms with Gasteiger partial charge in [0.05, 0.1) is 17.6 Å². The molecule has 9 nitrogen and oxygen atoms in total. The fourth-order valence-electron chi connectivity index (χ4n) is 2.24. The maximum absolute atomic E-state index is 12.2. The Kier molecular flexibility index (Phi) is 5.52. The van der Waals surface area contributed by atoms with Crippen molar-refractivity contribution in [1.29, 1.82) is 0 Å². The Morgan fingerprint density at radius 2 is 2.04 bits per heavy atom. The number of carbonyl (C=O) groups excluding carboxylic acids is 1. The first kappa shape index (κ1) is 18.6. The average molecular weight is 366 g/mol. The molecule has 2 N–H and O–H groups in total. The van der Waals surface area contributed by atoms with Gasteiger partial charge in [0.1, 0.15) is 12.2 Å². The second-order valence-electron chi connectivity index (χ2n) is 5.43. The normalized spacial score (nSPS) is 11.3. The summed E-state index contributed by atoms with van der Waals surface area (Å²) in [6.07, 6.45) is 3.05. The molecule has 1 aromatic heterocycles. The van der Waals surface area contributed by atoms with Crippen LogP contribution in [0.3, 0.4) is 0 Å². The predicted octanol–water partition coefficient (Wildman–Crippen LogP) is 0.259. The van der Waals surface area contributed by atoms with Gasteiger partial charge in [-0.3, -0.25) is 9.59 Å². The number of hydrogen-bond acceptors (Lipinski definition) is 6. The standard InChI is InChI=1S/C15H18N4O5S/c1-3-10-4-5-11(6-13(10)25(2,23)24)15(22)16-7-12-8-19(18-17-12)9-14(20)21/h4-6,8H,3,7,9H2,1-2H3,(H,16,22)(H,20,21). The molecule has 1 heterocycles. The second kappa shape index (κ2) is 7.43. The molecule has 0 atom stereocenters. The summed E-state index contributed by atoms with van der Waals surface area (Å²) in [7, 11) is -3.44. The molecule has 10 heteroatoms. The van der Waals surface area contributed by atoms with E-state index in [1.165, 1.54) is 12.3 Å². The molecule has 0 radical (unpaired) electrons. The van der Waals surface area contributed by atoms with Crippen molar-refractivity contribution in [2.45, 2.75) is 31.3 Å². The topological polar surface area (TPSA) is 131 Å². The molecule has 0 aliphatic rings. The number of aromatic nitrogens is 3. The number of benzene rings is 1. The smallest absolute Gasteiger partial charge is 0.325 e. The zero-order valence-electron chi connectivity index (χ0n) is 13.8. The SMILES string of the molecule is CCc1ccc(C(=O)NCc2cn(CC(=O)O)nn2)cc1S(C)(=O)=O. The van der Waals surface area contributed by atoms with Crippen molar-refractivity contribution >= 4 is 21.7 Å². The number of amides is 1. The summed E-state index contributed by atoms with van der Waals surface area (Å²) in [5.74, 6) is -1.51. The fraction of sp³-hybridized carbons (Fsp3) is 0.333. The molecule has 0 saturated carbocycles. The largest absolute Gasteiger partial charge is 0.480 e. The minimum atomic E-state index is -3.44. The number of carboxylic acids is 1. The summed E-state index contributed by atoms with van der Waals surface area (Å²) < 4.78 is 24.9. The first-order valence-electron chi connectivity index (χ1n) is 7.42. The molecular weight excluding hydrogens is 348 g/mol. The van der Waals surface area contributed by atoms with E-state index in [1.54, 1.807) is 12.1 Å². The first-order valence-corrected chi connectivity index (χ1v) is 9.32. The van der Waals surface area contributed by atoms with E-state index < -0.39 is 21.7 Å². The van der Waals surface area contributed by atoms with Crippen molar-refractivity contribution in [3.05, 3.63) is 41.2 Å². The van der Waals surface area contributed by atoms with Crippen LogP contribution < -0.4 is 5.32 Å². The van der Waals surface area contributed by atoms with Crippen LogP contribution in [0, 0.1) is 0 Å². The van der Waals surface area contributed by atoms with Gasteiger partial charge in [0, 0.05) is 11.8 Å². The first-order chi connectivity index (χ1) is 11.7. The van der Waals surface area contributed by atoms with Crippen molar-refractivity contribution in [2.75, 3.05) is 6.26 Å². The number of carbonyl (C=O) groups is 2. The van der Waals surface area contributed by atoms with Crippen LogP contribution in [0.1, 0.15) is 28.5 Å². The van der Waals surface area contributed by atoms with Crippen LogP contribution in [0.2, 0.25) is 0 Å². The van der Waals surface area contributed by atoms with Gasteiger partial charge in [0.25, 0.3) is 5.91 Å². The Morgan fingerprint density at radius 1 is 1.32 bits per heavy atom. The minimum Gasteiger partial charge on any atom is -0.480 e. The number of sulfone groups is 1. The van der Waals surface area contributed by atoms with Gasteiger partial charge in [-0.1, -0.05) is 18.2 Å². The molecule has 0 fully saturated rings. The van der Waals surface area contributed by atoms with Crippen LogP contribution >= 0.6 is 0 Å². The molecule has 2 aromatic rings. The fourth-order valence-corrected chi connectivity index (χ4v) is 3.27. The van der Waals surface area contributed by atoms with Crippen LogP contribution in [-0.2, 0) is 34.1 Å². The second-order valence-corrected chi connectivity index (χ2v) is 7.42. The van der Waals surface area contributed by atoms with E-state index in [4.69, 9.17) is 5.11 Å². The van der Waals surface area contributed by atoms with Gasteiger partial charge in [-0.15, -0.1) is 5.10 Å². The Morgan fingerprint density at radius 3 is 2.64 bits per heavy atom. The summed E-state index contributed by atoms with van der Waals surface area (Å²) in [6.45, 7) is 1.56. The average Bonchev–Trinajstić information content (AvgIpc) is 2.97. The highest BCUT2D eigenvalue weighted by atomic mass is 32.2. The van der Waals surface area contributed by atoms with E-state index in [0.29, 0.717) is 17.7 Å². The van der Waals surface area contributed by atoms with Gasteiger partial charge < -0.3 is 10.4 Å². The highest BCUT2D eigenvalue weighted by Gasteiger charge is 2.16. The molecule has 0 bridgehead atoms. The van der Waals surface area contributed by atoms with Crippen LogP contribution in [0.5, 0.6) is 0 Å². The third-order valence-electron chi connectivity index (χ3n) is 3.42. The lowest BCUT2D eigenvalue weighted by Gasteiger charge is -2.09. The van der Waals surface area contributed by atoms with E-state index in [9.17, 15) is 18.0 Å². The molecule has 0 saturated heterocycles. The number of rotatable bonds is 7. The molecule has 0 spiro atoms. The lowest BCUT2D eigenvalue weighted by atomic mass is 10.1. The summed E-state index contributed by atoms with van der Waals surface area (Å²) in [5.41, 5.74) is 1.26. The molecule has 2 rings (SSSR count). The van der Waals surface area contributed by atoms with Gasteiger partial charge in [-0.05, 0) is 24.1 Å². The Balaban J connectivity index is 2.11. The Labute approximate surface area is 144 Å². The number of hydrogen-bond donors (Lipinski definition) is 2. The highest BCUT2D eigenvalue weighted by Crippen LogP contribution is 2.18. The van der Waals surface area contributed by atoms with E-state index in [1.807, 2.05) is 6.92 Å². The van der Waals surface area contributed by atoms with E-state index >= 15 is 0 Å². The van der Waals surface area contributed by atoms with E-state index in [0.717, 1.165) is 10.9 Å². The highest BCUT2D eigenvalue weighted by molar-refractivity contribution is 7.90. The third kappa shape index (κ3) is 4.86. The van der Waals surface area contributed by atoms with Crippen LogP contribution in [0.4, 0.5) is 0 Å². The lowest BCUT2D eigenvalue weighted by Crippen LogP contribution is -2.23. The summed E-state index contributed by atoms with van der Waals surface area (Å²) >= 11 is 0. The van der Waals surface area contributed by atoms with Crippen molar-refractivity contribution in [1.82, 2.24) is 20.3 Å². The maximum atomic E-state index is 12.2. The van der Waals surface area contributed by atoms with Gasteiger partial charge in [0.2, 0.25) is 0 Å². The third-order valence-corrected chi connectivity index (χ3v) is 4.60. The maximum Gasteiger partial charge on any atom is 0.325 e. The summed E-state index contributed by atoms with van der Waals surface area (Å²) in [5, 5.41) is 18.7. The Hall–Kier alpha value is -2.75. The zero-order chi connectivity index (χ0) is 18.6. The molecular formula is C15H18N4O5S. The monoisotopic (exact) mass is 366 g/mol. The molecule has 0 unspecified atom stereocenters. The number of carboxylic acid groups (broad SMARTS) is 1. The van der Waals surface area contributed by atoms with Crippen molar-refractivity contribution < 1.29 is 23.1 Å². The van der Waals surface area contributed by atoms with Crippen molar-refractivity contribution in [3.8, 4) is 0 Å². The van der Waals surface area contributed by atoms with Crippen molar-refractivity contribution in [2.24, 2.45) is 0 Å². The summed E-state index contributed by atoms with van der Waals surface area (Å²) in [4.78, 5) is 22.9. The number of nitrogens with zero attached hydrogens (tertiary/aromatic N) is 3. The molecule has 1 aromatic carbocycles. The van der Waals surface area contributed by atoms with Gasteiger partial charge in [-0.2, -0.15) is 0 Å². The zero-order valence-corrected chi connectivity index (χ0v) is 14.6. The molecule has 25 heavy (non-hydrogen) atoms. The number of nitrogens with one attached hydrogen (secondary N) is 1. The number of aryl methyl sites for hydroxylation is 1. The molecule has 1 amide bonds. The number of aliphatic carboxylic acids is 1. The minimum absolute atomic E-state index is 0.0438. The van der Waals surface area contributed by atoms with Crippen LogP contribution in [0.15, 0.2) is 29.3 Å². The van der Waals surface area contributed by atoms with Gasteiger partial charge in [-0.25, -0.2) is 13.1 Å². The van der Waals surface area contributed by atoms with E-state index in [2.05, 4.69) is 15.6 Å². The summed E-state index contributed by atoms with van der Waals surface area (Å²) in [6, 6.07) is 4.53. The molecule has 0 aliphatic carbocycles. The van der Waals surface area contributed by atoms with Gasteiger partial charge >= 0.3 is 5.97 Å². The lowest BCUT2D eigenvalue weighted by molar-refractivity contribution is -0.137. The molecule has 134 valence electrons. The predicted molar refractivity (Wildman–Crippen MR) is 87.8 cm³/mol. The Bertz CT molecular complexity index is 904. The molecule has 0 aliphatic heterocycles. The quantitative estimate of drug-likeness (QED) is 0.718. The van der Waals surface area contributed by atoms with Crippen LogP contribution in [-0.4, -0.2) is 46.7 Å². The van der Waals surface area contributed by atoms with Crippen LogP contribution in [0.25, 0.3) is 0 Å². The van der Waals surface area contributed by atoms with E-state index in [-0.39, 0.29) is 23.5 Å². The van der Waals surface area contributed by atoms with Crippen molar-refractivity contribution in [3.63, 3.8) is 0 Å². The van der Waals surface area contributed by atoms with Gasteiger partial charge in [0.15, 0.2) is 9.84 Å².